The van der Waals surface area contributed by atoms with Gasteiger partial charge in [-0.3, -0.25) is 0 Å². The molecule has 0 radical (unpaired) electrons. The summed E-state index contributed by atoms with van der Waals surface area (Å²) in [4.78, 5) is 0. The predicted octanol–water partition coefficient (Wildman–Crippen LogP) is 5.24. The highest BCUT2D eigenvalue weighted by atomic mass is 14.6. The molecular weight excluding hydrogens is 256 g/mol. The Morgan fingerprint density at radius 2 is 1.10 bits per heavy atom. The Hall–Kier alpha value is -0.0800. The maximum absolute atomic E-state index is 6.27. The number of hydrogen-bond donors (Lipinski definition) is 2. The molecule has 3 atom stereocenters. The van der Waals surface area contributed by atoms with Crippen LogP contribution >= 0.6 is 0 Å². The van der Waals surface area contributed by atoms with E-state index < -0.39 is 0 Å². The molecule has 0 aliphatic rings. The first kappa shape index (κ1) is 20.9. The van der Waals surface area contributed by atoms with Crippen LogP contribution in [0, 0.1) is 11.8 Å². The number of rotatable bonds is 14. The highest BCUT2D eigenvalue weighted by Gasteiger charge is 2.11. The molecule has 0 aromatic carbocycles. The monoisotopic (exact) mass is 298 g/mol. The van der Waals surface area contributed by atoms with Gasteiger partial charge in [-0.15, -0.1) is 0 Å². The second-order valence-corrected chi connectivity index (χ2v) is 7.39. The molecule has 0 fully saturated rings. The van der Waals surface area contributed by atoms with Gasteiger partial charge in [-0.05, 0) is 31.1 Å². The zero-order valence-electron chi connectivity index (χ0n) is 15.2. The molecule has 128 valence electrons. The normalized spacial score (nSPS) is 16.1. The van der Waals surface area contributed by atoms with Gasteiger partial charge in [0.25, 0.3) is 0 Å². The minimum absolute atomic E-state index is 0.396. The van der Waals surface area contributed by atoms with Crippen molar-refractivity contribution in [2.24, 2.45) is 23.3 Å². The van der Waals surface area contributed by atoms with Gasteiger partial charge in [0.1, 0.15) is 0 Å². The molecule has 0 spiro atoms. The third-order valence-corrected chi connectivity index (χ3v) is 4.93. The van der Waals surface area contributed by atoms with E-state index in [2.05, 4.69) is 27.7 Å². The van der Waals surface area contributed by atoms with Crippen molar-refractivity contribution in [2.75, 3.05) is 0 Å². The van der Waals surface area contributed by atoms with Crippen LogP contribution in [0.4, 0.5) is 0 Å². The van der Waals surface area contributed by atoms with Gasteiger partial charge in [-0.25, -0.2) is 0 Å². The van der Waals surface area contributed by atoms with Crippen LogP contribution in [0.3, 0.4) is 0 Å². The van der Waals surface area contributed by atoms with Crippen molar-refractivity contribution in [3.8, 4) is 0 Å². The fourth-order valence-corrected chi connectivity index (χ4v) is 2.83. The third-order valence-electron chi connectivity index (χ3n) is 4.93. The zero-order valence-corrected chi connectivity index (χ0v) is 15.2. The highest BCUT2D eigenvalue weighted by molar-refractivity contribution is 4.69. The fraction of sp³-hybridized carbons (Fsp3) is 1.00. The maximum Gasteiger partial charge on any atom is 0.00645 e. The van der Waals surface area contributed by atoms with Crippen molar-refractivity contribution in [3.05, 3.63) is 0 Å². The molecule has 2 nitrogen and oxygen atoms in total. The average Bonchev–Trinajstić information content (AvgIpc) is 2.46. The SMILES string of the molecule is CCCCC(C)C(N)CCCCCCCCC(N)C(C)C. The molecule has 0 aliphatic heterocycles. The van der Waals surface area contributed by atoms with E-state index in [0.717, 1.165) is 0 Å². The summed E-state index contributed by atoms with van der Waals surface area (Å²) in [5.41, 5.74) is 12.3. The Bertz CT molecular complexity index is 216. The minimum Gasteiger partial charge on any atom is -0.327 e. The van der Waals surface area contributed by atoms with E-state index >= 15 is 0 Å². The van der Waals surface area contributed by atoms with Gasteiger partial charge in [0, 0.05) is 12.1 Å². The Balaban J connectivity index is 3.35. The van der Waals surface area contributed by atoms with Crippen molar-refractivity contribution < 1.29 is 0 Å². The van der Waals surface area contributed by atoms with Crippen LogP contribution in [0.25, 0.3) is 0 Å². The maximum atomic E-state index is 6.27. The van der Waals surface area contributed by atoms with E-state index in [1.54, 1.807) is 0 Å². The van der Waals surface area contributed by atoms with Gasteiger partial charge in [0.05, 0.1) is 0 Å². The summed E-state index contributed by atoms with van der Waals surface area (Å²) in [6, 6.07) is 0.813. The molecule has 0 aliphatic carbocycles. The van der Waals surface area contributed by atoms with Crippen LogP contribution in [0.15, 0.2) is 0 Å². The standard InChI is InChI=1S/C19H42N2/c1-5-6-13-17(4)19(21)15-12-10-8-7-9-11-14-18(20)16(2)3/h16-19H,5-15,20-21H2,1-4H3. The summed E-state index contributed by atoms with van der Waals surface area (Å²) in [5, 5.41) is 0. The molecule has 0 bridgehead atoms. The molecule has 0 saturated carbocycles. The fourth-order valence-electron chi connectivity index (χ4n) is 2.83. The van der Waals surface area contributed by atoms with Crippen LogP contribution in [-0.4, -0.2) is 12.1 Å². The molecule has 3 unspecified atom stereocenters. The molecule has 0 rings (SSSR count). The van der Waals surface area contributed by atoms with Crippen molar-refractivity contribution in [1.82, 2.24) is 0 Å². The van der Waals surface area contributed by atoms with E-state index in [1.165, 1.54) is 70.6 Å². The Labute approximate surface area is 134 Å². The van der Waals surface area contributed by atoms with Crippen LogP contribution in [0.1, 0.15) is 98.3 Å². The van der Waals surface area contributed by atoms with E-state index in [4.69, 9.17) is 11.5 Å². The second-order valence-electron chi connectivity index (χ2n) is 7.39. The highest BCUT2D eigenvalue weighted by Crippen LogP contribution is 2.17. The summed E-state index contributed by atoms with van der Waals surface area (Å²) >= 11 is 0. The van der Waals surface area contributed by atoms with Crippen molar-refractivity contribution in [2.45, 2.75) is 110 Å². The number of hydrogen-bond acceptors (Lipinski definition) is 2. The van der Waals surface area contributed by atoms with Crippen LogP contribution in [-0.2, 0) is 0 Å². The predicted molar refractivity (Wildman–Crippen MR) is 96.4 cm³/mol. The van der Waals surface area contributed by atoms with E-state index in [1.807, 2.05) is 0 Å². The van der Waals surface area contributed by atoms with Gasteiger partial charge >= 0.3 is 0 Å². The lowest BCUT2D eigenvalue weighted by Crippen LogP contribution is -2.28. The van der Waals surface area contributed by atoms with E-state index in [-0.39, 0.29) is 0 Å². The lowest BCUT2D eigenvalue weighted by Gasteiger charge is -2.19. The smallest absolute Gasteiger partial charge is 0.00645 e. The van der Waals surface area contributed by atoms with Crippen LogP contribution in [0.5, 0.6) is 0 Å². The Morgan fingerprint density at radius 1 is 0.619 bits per heavy atom. The first-order valence-corrected chi connectivity index (χ1v) is 9.50. The lowest BCUT2D eigenvalue weighted by atomic mass is 9.92. The van der Waals surface area contributed by atoms with Crippen LogP contribution in [0.2, 0.25) is 0 Å². The molecule has 0 heterocycles. The summed E-state index contributed by atoms with van der Waals surface area (Å²) in [7, 11) is 0. The van der Waals surface area contributed by atoms with E-state index in [9.17, 15) is 0 Å². The lowest BCUT2D eigenvalue weighted by molar-refractivity contribution is 0.381. The number of nitrogens with two attached hydrogens (primary N) is 2. The Kier molecular flexibility index (Phi) is 13.5. The van der Waals surface area contributed by atoms with Gasteiger partial charge in [0.15, 0.2) is 0 Å². The number of unbranched alkanes of at least 4 members (excludes halogenated alkanes) is 6. The van der Waals surface area contributed by atoms with Crippen molar-refractivity contribution in [3.63, 3.8) is 0 Å². The van der Waals surface area contributed by atoms with Crippen LogP contribution < -0.4 is 11.5 Å². The second kappa shape index (κ2) is 13.6. The molecule has 0 aromatic heterocycles. The topological polar surface area (TPSA) is 52.0 Å². The zero-order chi connectivity index (χ0) is 16.1. The molecule has 21 heavy (non-hydrogen) atoms. The Morgan fingerprint density at radius 3 is 1.57 bits per heavy atom. The van der Waals surface area contributed by atoms with Gasteiger partial charge in [-0.1, -0.05) is 79.1 Å². The first-order valence-electron chi connectivity index (χ1n) is 9.50. The van der Waals surface area contributed by atoms with Gasteiger partial charge in [0.2, 0.25) is 0 Å². The summed E-state index contributed by atoms with van der Waals surface area (Å²) in [6.45, 7) is 9.01. The summed E-state index contributed by atoms with van der Waals surface area (Å²) < 4.78 is 0. The molecule has 0 aromatic rings. The molecular formula is C19H42N2. The van der Waals surface area contributed by atoms with Crippen molar-refractivity contribution >= 4 is 0 Å². The molecule has 0 amide bonds. The molecule has 0 saturated heterocycles. The third kappa shape index (κ3) is 12.2. The van der Waals surface area contributed by atoms with E-state index in [0.29, 0.717) is 23.9 Å². The largest absolute Gasteiger partial charge is 0.327 e. The average molecular weight is 299 g/mol. The van der Waals surface area contributed by atoms with Gasteiger partial charge < -0.3 is 11.5 Å². The molecule has 4 N–H and O–H groups in total. The first-order chi connectivity index (χ1) is 9.99. The molecule has 2 heteroatoms. The van der Waals surface area contributed by atoms with Gasteiger partial charge in [-0.2, -0.15) is 0 Å². The summed E-state index contributed by atoms with van der Waals surface area (Å²) in [6.07, 6.45) is 14.4. The quantitative estimate of drug-likeness (QED) is 0.431. The minimum atomic E-state index is 0.396. The van der Waals surface area contributed by atoms with Crippen molar-refractivity contribution in [1.29, 1.82) is 0 Å². The summed E-state index contributed by atoms with van der Waals surface area (Å²) in [5.74, 6) is 1.32.